The Hall–Kier alpha value is -1.38. The third kappa shape index (κ3) is 4.06. The van der Waals surface area contributed by atoms with Crippen molar-refractivity contribution < 1.29 is 4.74 Å². The summed E-state index contributed by atoms with van der Waals surface area (Å²) in [6, 6.07) is 6.57. The molecular formula is C17H28N2O. The maximum atomic E-state index is 5.98. The Bertz CT molecular complexity index is 419. The Labute approximate surface area is 122 Å². The van der Waals surface area contributed by atoms with E-state index in [4.69, 9.17) is 10.5 Å². The fourth-order valence-corrected chi connectivity index (χ4v) is 3.11. The summed E-state index contributed by atoms with van der Waals surface area (Å²) >= 11 is 0. The van der Waals surface area contributed by atoms with Gasteiger partial charge in [-0.25, -0.2) is 0 Å². The first-order valence-electron chi connectivity index (χ1n) is 8.02. The monoisotopic (exact) mass is 276 g/mol. The van der Waals surface area contributed by atoms with E-state index < -0.39 is 0 Å². The molecule has 0 bridgehead atoms. The van der Waals surface area contributed by atoms with Crippen molar-refractivity contribution >= 4 is 11.4 Å². The van der Waals surface area contributed by atoms with E-state index in [1.165, 1.54) is 32.1 Å². The van der Waals surface area contributed by atoms with Crippen molar-refractivity contribution in [2.24, 2.45) is 5.92 Å². The first kappa shape index (κ1) is 15.0. The molecule has 2 atom stereocenters. The van der Waals surface area contributed by atoms with Crippen molar-refractivity contribution in [1.29, 1.82) is 0 Å². The second-order valence-corrected chi connectivity index (χ2v) is 5.84. The highest BCUT2D eigenvalue weighted by atomic mass is 16.5. The summed E-state index contributed by atoms with van der Waals surface area (Å²) in [5, 5.41) is 3.68. The minimum Gasteiger partial charge on any atom is -0.493 e. The summed E-state index contributed by atoms with van der Waals surface area (Å²) in [6.45, 7) is 5.14. The van der Waals surface area contributed by atoms with Crippen LogP contribution in [-0.2, 0) is 0 Å². The molecule has 1 aliphatic rings. The molecule has 0 aliphatic heterocycles. The molecule has 0 saturated heterocycles. The van der Waals surface area contributed by atoms with Crippen molar-refractivity contribution in [2.45, 2.75) is 58.4 Å². The molecule has 1 aliphatic carbocycles. The van der Waals surface area contributed by atoms with E-state index in [0.717, 1.165) is 36.1 Å². The third-order valence-electron chi connectivity index (χ3n) is 4.19. The molecule has 1 aromatic rings. The molecule has 0 heterocycles. The van der Waals surface area contributed by atoms with Crippen LogP contribution >= 0.6 is 0 Å². The number of nitrogens with two attached hydrogens (primary N) is 1. The summed E-state index contributed by atoms with van der Waals surface area (Å²) < 4.78 is 5.70. The molecule has 3 N–H and O–H groups in total. The number of benzene rings is 1. The number of hydrogen-bond acceptors (Lipinski definition) is 3. The lowest BCUT2D eigenvalue weighted by Gasteiger charge is -2.32. The molecule has 2 unspecified atom stereocenters. The fourth-order valence-electron chi connectivity index (χ4n) is 3.11. The molecule has 1 aromatic carbocycles. The fraction of sp³-hybridized carbons (Fsp3) is 0.647. The van der Waals surface area contributed by atoms with Gasteiger partial charge in [0.2, 0.25) is 0 Å². The van der Waals surface area contributed by atoms with Crippen LogP contribution in [0.15, 0.2) is 18.2 Å². The van der Waals surface area contributed by atoms with Gasteiger partial charge in [-0.2, -0.15) is 0 Å². The summed E-state index contributed by atoms with van der Waals surface area (Å²) in [5.74, 6) is 1.66. The van der Waals surface area contributed by atoms with Gasteiger partial charge in [-0.1, -0.05) is 33.1 Å². The summed E-state index contributed by atoms with van der Waals surface area (Å²) in [6.07, 6.45) is 7.57. The van der Waals surface area contributed by atoms with E-state index in [1.807, 2.05) is 12.1 Å². The predicted octanol–water partition coefficient (Wildman–Crippen LogP) is 4.44. The smallest absolute Gasteiger partial charge is 0.123 e. The first-order chi connectivity index (χ1) is 9.72. The average Bonchev–Trinajstić information content (AvgIpc) is 2.45. The number of hydrogen-bond donors (Lipinski definition) is 2. The SMILES string of the molecule is CCCOc1cc(N)cc(NC2CCCCC2CC)c1. The van der Waals surface area contributed by atoms with E-state index in [1.54, 1.807) is 0 Å². The molecule has 3 heteroatoms. The molecule has 3 nitrogen and oxygen atoms in total. The average molecular weight is 276 g/mol. The van der Waals surface area contributed by atoms with Crippen LogP contribution in [0.1, 0.15) is 52.4 Å². The van der Waals surface area contributed by atoms with Crippen LogP contribution < -0.4 is 15.8 Å². The quantitative estimate of drug-likeness (QED) is 0.755. The first-order valence-corrected chi connectivity index (χ1v) is 8.02. The van der Waals surface area contributed by atoms with Gasteiger partial charge in [-0.3, -0.25) is 0 Å². The van der Waals surface area contributed by atoms with E-state index in [9.17, 15) is 0 Å². The van der Waals surface area contributed by atoms with Crippen molar-refractivity contribution in [2.75, 3.05) is 17.7 Å². The highest BCUT2D eigenvalue weighted by Crippen LogP contribution is 2.31. The number of ether oxygens (including phenoxy) is 1. The van der Waals surface area contributed by atoms with E-state index in [-0.39, 0.29) is 0 Å². The number of nitrogens with one attached hydrogen (secondary N) is 1. The molecule has 2 rings (SSSR count). The number of anilines is 2. The topological polar surface area (TPSA) is 47.3 Å². The number of nitrogen functional groups attached to an aromatic ring is 1. The number of rotatable bonds is 6. The van der Waals surface area contributed by atoms with Crippen LogP contribution in [0, 0.1) is 5.92 Å². The van der Waals surface area contributed by atoms with E-state index >= 15 is 0 Å². The van der Waals surface area contributed by atoms with Crippen LogP contribution in [0.2, 0.25) is 0 Å². The van der Waals surface area contributed by atoms with Crippen LogP contribution in [-0.4, -0.2) is 12.6 Å². The highest BCUT2D eigenvalue weighted by molar-refractivity contribution is 5.59. The van der Waals surface area contributed by atoms with Crippen molar-refractivity contribution in [3.05, 3.63) is 18.2 Å². The molecule has 1 saturated carbocycles. The molecule has 0 spiro atoms. The summed E-state index contributed by atoms with van der Waals surface area (Å²) in [5.41, 5.74) is 7.85. The Morgan fingerprint density at radius 3 is 2.75 bits per heavy atom. The molecule has 112 valence electrons. The summed E-state index contributed by atoms with van der Waals surface area (Å²) in [7, 11) is 0. The lowest BCUT2D eigenvalue weighted by molar-refractivity contribution is 0.314. The molecule has 0 aromatic heterocycles. The van der Waals surface area contributed by atoms with Gasteiger partial charge in [0, 0.05) is 29.5 Å². The molecule has 1 fully saturated rings. The second-order valence-electron chi connectivity index (χ2n) is 5.84. The zero-order valence-electron chi connectivity index (χ0n) is 12.8. The van der Waals surface area contributed by atoms with E-state index in [2.05, 4.69) is 25.2 Å². The molecular weight excluding hydrogens is 248 g/mol. The van der Waals surface area contributed by atoms with Crippen LogP contribution in [0.5, 0.6) is 5.75 Å². The van der Waals surface area contributed by atoms with E-state index in [0.29, 0.717) is 6.04 Å². The Balaban J connectivity index is 2.05. The van der Waals surface area contributed by atoms with Crippen molar-refractivity contribution in [1.82, 2.24) is 0 Å². The lowest BCUT2D eigenvalue weighted by atomic mass is 9.83. The maximum Gasteiger partial charge on any atom is 0.123 e. The molecule has 0 radical (unpaired) electrons. The maximum absolute atomic E-state index is 5.98. The van der Waals surface area contributed by atoms with Gasteiger partial charge in [0.25, 0.3) is 0 Å². The zero-order chi connectivity index (χ0) is 14.4. The Kier molecular flexibility index (Phi) is 5.57. The van der Waals surface area contributed by atoms with Gasteiger partial charge >= 0.3 is 0 Å². The van der Waals surface area contributed by atoms with Gasteiger partial charge in [0.05, 0.1) is 6.61 Å². The van der Waals surface area contributed by atoms with Crippen molar-refractivity contribution in [3.8, 4) is 5.75 Å². The largest absolute Gasteiger partial charge is 0.493 e. The van der Waals surface area contributed by atoms with Crippen LogP contribution in [0.3, 0.4) is 0 Å². The Morgan fingerprint density at radius 2 is 2.00 bits per heavy atom. The predicted molar refractivity (Wildman–Crippen MR) is 86.3 cm³/mol. The normalized spacial score (nSPS) is 22.5. The summed E-state index contributed by atoms with van der Waals surface area (Å²) in [4.78, 5) is 0. The second kappa shape index (κ2) is 7.41. The molecule has 0 amide bonds. The standard InChI is InChI=1S/C17H28N2O/c1-3-9-20-16-11-14(18)10-15(12-16)19-17-8-6-5-7-13(17)4-2/h10-13,17,19H,3-9,18H2,1-2H3. The van der Waals surface area contributed by atoms with Gasteiger partial charge in [-0.15, -0.1) is 0 Å². The highest BCUT2D eigenvalue weighted by Gasteiger charge is 2.23. The van der Waals surface area contributed by atoms with Gasteiger partial charge in [-0.05, 0) is 31.2 Å². The molecule has 20 heavy (non-hydrogen) atoms. The van der Waals surface area contributed by atoms with Gasteiger partial charge in [0.1, 0.15) is 5.75 Å². The third-order valence-corrected chi connectivity index (χ3v) is 4.19. The minimum absolute atomic E-state index is 0.578. The van der Waals surface area contributed by atoms with Crippen molar-refractivity contribution in [3.63, 3.8) is 0 Å². The van der Waals surface area contributed by atoms with Crippen LogP contribution in [0.25, 0.3) is 0 Å². The minimum atomic E-state index is 0.578. The van der Waals surface area contributed by atoms with Gasteiger partial charge < -0.3 is 15.8 Å². The Morgan fingerprint density at radius 1 is 1.20 bits per heavy atom. The lowest BCUT2D eigenvalue weighted by Crippen LogP contribution is -2.31. The van der Waals surface area contributed by atoms with Gasteiger partial charge in [0.15, 0.2) is 0 Å². The van der Waals surface area contributed by atoms with Crippen LogP contribution in [0.4, 0.5) is 11.4 Å². The zero-order valence-corrected chi connectivity index (χ0v) is 12.8.